The number of benzene rings is 2. The molecule has 204 valence electrons. The smallest absolute Gasteiger partial charge is 0.316 e. The number of halogens is 1. The van der Waals surface area contributed by atoms with Crippen LogP contribution in [0.2, 0.25) is 0 Å². The minimum absolute atomic E-state index is 0.218. The molecule has 2 aliphatic heterocycles. The molecule has 0 spiro atoms. The zero-order chi connectivity index (χ0) is 26.9. The third-order valence-electron chi connectivity index (χ3n) is 7.30. The number of hydrogen-bond donors (Lipinski definition) is 2. The number of amides is 1. The van der Waals surface area contributed by atoms with Crippen molar-refractivity contribution in [3.63, 3.8) is 0 Å². The van der Waals surface area contributed by atoms with E-state index in [1.54, 1.807) is 36.3 Å². The van der Waals surface area contributed by atoms with Gasteiger partial charge in [0.15, 0.2) is 5.82 Å². The zero-order valence-corrected chi connectivity index (χ0v) is 22.1. The summed E-state index contributed by atoms with van der Waals surface area (Å²) in [5.74, 6) is -0.610. The molecule has 0 radical (unpaired) electrons. The summed E-state index contributed by atoms with van der Waals surface area (Å²) in [5, 5.41) is 11.8. The van der Waals surface area contributed by atoms with E-state index < -0.39 is 11.7 Å². The highest BCUT2D eigenvalue weighted by Crippen LogP contribution is 2.31. The highest BCUT2D eigenvalue weighted by Gasteiger charge is 2.23. The van der Waals surface area contributed by atoms with E-state index in [-0.39, 0.29) is 17.4 Å². The second-order valence-corrected chi connectivity index (χ2v) is 10.4. The normalized spacial score (nSPS) is 19.9. The van der Waals surface area contributed by atoms with Gasteiger partial charge in [-0.1, -0.05) is 0 Å². The Morgan fingerprint density at radius 3 is 3.03 bits per heavy atom. The summed E-state index contributed by atoms with van der Waals surface area (Å²) in [6.45, 7) is 6.55. The van der Waals surface area contributed by atoms with Crippen LogP contribution in [0.1, 0.15) is 30.1 Å². The Bertz CT molecular complexity index is 1520. The number of piperazine rings is 1. The van der Waals surface area contributed by atoms with E-state index in [0.717, 1.165) is 50.2 Å². The number of aryl methyl sites for hydroxylation is 1. The van der Waals surface area contributed by atoms with E-state index in [0.29, 0.717) is 41.4 Å². The Labute approximate surface area is 225 Å². The van der Waals surface area contributed by atoms with E-state index >= 15 is 0 Å². The largest absolute Gasteiger partial charge is 0.463 e. The zero-order valence-electron chi connectivity index (χ0n) is 22.1. The molecule has 11 heteroatoms. The summed E-state index contributed by atoms with van der Waals surface area (Å²) >= 11 is 0. The number of carbonyl (C=O) groups excluding carboxylic acids is 1. The van der Waals surface area contributed by atoms with E-state index in [9.17, 15) is 9.18 Å². The van der Waals surface area contributed by atoms with Crippen LogP contribution in [0.5, 0.6) is 6.01 Å². The summed E-state index contributed by atoms with van der Waals surface area (Å²) < 4.78 is 27.7. The average molecular weight is 534 g/mol. The van der Waals surface area contributed by atoms with Crippen LogP contribution in [0.3, 0.4) is 0 Å². The number of anilines is 2. The maximum absolute atomic E-state index is 14.7. The number of fused-ring (bicyclic) bond motifs is 2. The molecule has 2 aromatic heterocycles. The van der Waals surface area contributed by atoms with Gasteiger partial charge in [0.1, 0.15) is 5.52 Å². The standard InChI is InChI=1S/C28H32FN7O3/c1-17-13-36(8-7-30-17)24-6-5-21(27(37)32-20-10-19-14-35(2)34-25(19)23(29)11-20)26-22(24)12-31-28(33-26)39-16-18-4-3-9-38-15-18/h5-6,10-12,14,17-18,30H,3-4,7-9,13,15-16H2,1-2H3,(H,32,37). The number of nitrogens with one attached hydrogen (secondary N) is 2. The van der Waals surface area contributed by atoms with Crippen molar-refractivity contribution in [1.82, 2.24) is 25.1 Å². The van der Waals surface area contributed by atoms with Crippen LogP contribution in [-0.2, 0) is 11.8 Å². The minimum atomic E-state index is -0.499. The monoisotopic (exact) mass is 533 g/mol. The van der Waals surface area contributed by atoms with Gasteiger partial charge in [0, 0.05) is 79.8 Å². The van der Waals surface area contributed by atoms with Crippen LogP contribution in [0.25, 0.3) is 21.8 Å². The maximum atomic E-state index is 14.7. The molecule has 2 fully saturated rings. The van der Waals surface area contributed by atoms with Crippen molar-refractivity contribution >= 4 is 39.1 Å². The number of rotatable bonds is 6. The second-order valence-electron chi connectivity index (χ2n) is 10.4. The summed E-state index contributed by atoms with van der Waals surface area (Å²) in [6, 6.07) is 7.24. The van der Waals surface area contributed by atoms with E-state index in [1.807, 2.05) is 6.07 Å². The van der Waals surface area contributed by atoms with Gasteiger partial charge < -0.3 is 25.0 Å². The molecule has 2 aliphatic rings. The van der Waals surface area contributed by atoms with Gasteiger partial charge in [-0.2, -0.15) is 10.1 Å². The molecule has 0 aliphatic carbocycles. The van der Waals surface area contributed by atoms with Crippen LogP contribution in [0.15, 0.2) is 36.7 Å². The van der Waals surface area contributed by atoms with Crippen molar-refractivity contribution in [3.8, 4) is 6.01 Å². The number of ether oxygens (including phenoxy) is 2. The van der Waals surface area contributed by atoms with Gasteiger partial charge in [-0.05, 0) is 44.0 Å². The number of aromatic nitrogens is 4. The Balaban J connectivity index is 1.34. The molecule has 6 rings (SSSR count). The lowest BCUT2D eigenvalue weighted by Crippen LogP contribution is -2.49. The fourth-order valence-corrected chi connectivity index (χ4v) is 5.38. The Morgan fingerprint density at radius 1 is 1.31 bits per heavy atom. The van der Waals surface area contributed by atoms with Crippen LogP contribution >= 0.6 is 0 Å². The Morgan fingerprint density at radius 2 is 2.21 bits per heavy atom. The summed E-state index contributed by atoms with van der Waals surface area (Å²) in [6.07, 6.45) is 5.48. The predicted octanol–water partition coefficient (Wildman–Crippen LogP) is 3.51. The summed E-state index contributed by atoms with van der Waals surface area (Å²) in [4.78, 5) is 25.0. The van der Waals surface area contributed by atoms with Crippen molar-refractivity contribution in [1.29, 1.82) is 0 Å². The fourth-order valence-electron chi connectivity index (χ4n) is 5.38. The molecule has 2 aromatic carbocycles. The van der Waals surface area contributed by atoms with Gasteiger partial charge in [0.05, 0.1) is 24.3 Å². The minimum Gasteiger partial charge on any atom is -0.463 e. The van der Waals surface area contributed by atoms with Gasteiger partial charge in [-0.3, -0.25) is 9.48 Å². The third kappa shape index (κ3) is 5.37. The van der Waals surface area contributed by atoms with Crippen LogP contribution in [0, 0.1) is 11.7 Å². The molecular weight excluding hydrogens is 501 g/mol. The van der Waals surface area contributed by atoms with E-state index in [2.05, 4.69) is 32.5 Å². The van der Waals surface area contributed by atoms with Crippen molar-refractivity contribution < 1.29 is 18.7 Å². The number of nitrogens with zero attached hydrogens (tertiary/aromatic N) is 5. The average Bonchev–Trinajstić information content (AvgIpc) is 3.32. The first-order chi connectivity index (χ1) is 18.9. The molecule has 39 heavy (non-hydrogen) atoms. The first-order valence-corrected chi connectivity index (χ1v) is 13.4. The second kappa shape index (κ2) is 10.7. The molecule has 4 heterocycles. The van der Waals surface area contributed by atoms with Gasteiger partial charge >= 0.3 is 6.01 Å². The summed E-state index contributed by atoms with van der Waals surface area (Å²) in [7, 11) is 1.73. The molecule has 0 saturated carbocycles. The first kappa shape index (κ1) is 25.4. The lowest BCUT2D eigenvalue weighted by molar-refractivity contribution is 0.0336. The van der Waals surface area contributed by atoms with Crippen molar-refractivity contribution in [2.24, 2.45) is 13.0 Å². The van der Waals surface area contributed by atoms with Gasteiger partial charge in [0.25, 0.3) is 5.91 Å². The number of carbonyl (C=O) groups is 1. The molecule has 1 amide bonds. The lowest BCUT2D eigenvalue weighted by Gasteiger charge is -2.34. The summed E-state index contributed by atoms with van der Waals surface area (Å²) in [5.41, 5.74) is 2.41. The SMILES string of the molecule is CC1CN(c2ccc(C(=O)Nc3cc(F)c4nn(C)cc4c3)c3nc(OCC4CCCOC4)ncc23)CCN1. The third-order valence-corrected chi connectivity index (χ3v) is 7.30. The van der Waals surface area contributed by atoms with E-state index in [4.69, 9.17) is 14.5 Å². The molecule has 0 bridgehead atoms. The maximum Gasteiger partial charge on any atom is 0.316 e. The molecule has 4 aromatic rings. The van der Waals surface area contributed by atoms with Crippen LogP contribution in [-0.4, -0.2) is 71.2 Å². The lowest BCUT2D eigenvalue weighted by atomic mass is 10.0. The van der Waals surface area contributed by atoms with Crippen molar-refractivity contribution in [2.45, 2.75) is 25.8 Å². The van der Waals surface area contributed by atoms with Gasteiger partial charge in [-0.15, -0.1) is 0 Å². The van der Waals surface area contributed by atoms with Gasteiger partial charge in [0.2, 0.25) is 0 Å². The molecule has 2 unspecified atom stereocenters. The van der Waals surface area contributed by atoms with E-state index in [1.165, 1.54) is 6.07 Å². The molecular formula is C28H32FN7O3. The molecule has 2 N–H and O–H groups in total. The highest BCUT2D eigenvalue weighted by molar-refractivity contribution is 6.14. The van der Waals surface area contributed by atoms with Crippen LogP contribution in [0.4, 0.5) is 15.8 Å². The number of hydrogen-bond acceptors (Lipinski definition) is 8. The Hall–Kier alpha value is -3.83. The molecule has 2 atom stereocenters. The first-order valence-electron chi connectivity index (χ1n) is 13.4. The topological polar surface area (TPSA) is 106 Å². The molecule has 10 nitrogen and oxygen atoms in total. The van der Waals surface area contributed by atoms with Crippen LogP contribution < -0.4 is 20.3 Å². The van der Waals surface area contributed by atoms with Gasteiger partial charge in [-0.25, -0.2) is 9.37 Å². The Kier molecular flexibility index (Phi) is 7.01. The quantitative estimate of drug-likeness (QED) is 0.388. The fraction of sp³-hybridized carbons (Fsp3) is 0.429. The predicted molar refractivity (Wildman–Crippen MR) is 147 cm³/mol. The molecule has 2 saturated heterocycles. The highest BCUT2D eigenvalue weighted by atomic mass is 19.1. The van der Waals surface area contributed by atoms with Crippen molar-refractivity contribution in [3.05, 3.63) is 48.0 Å². The van der Waals surface area contributed by atoms with Crippen molar-refractivity contribution in [2.75, 3.05) is 49.7 Å².